The van der Waals surface area contributed by atoms with Crippen molar-refractivity contribution in [3.63, 3.8) is 0 Å². The van der Waals surface area contributed by atoms with Crippen LogP contribution in [0.3, 0.4) is 0 Å². The third-order valence-electron chi connectivity index (χ3n) is 2.97. The second kappa shape index (κ2) is 6.52. The van der Waals surface area contributed by atoms with E-state index in [9.17, 15) is 4.39 Å². The van der Waals surface area contributed by atoms with Gasteiger partial charge in [0, 0.05) is 13.1 Å². The van der Waals surface area contributed by atoms with Gasteiger partial charge in [0.25, 0.3) is 0 Å². The first-order chi connectivity index (χ1) is 8.48. The van der Waals surface area contributed by atoms with E-state index in [2.05, 4.69) is 48.3 Å². The maximum atomic E-state index is 13.6. The molecule has 0 aliphatic rings. The molecule has 0 aromatic carbocycles. The first-order valence-corrected chi connectivity index (χ1v) is 6.49. The predicted octanol–water partition coefficient (Wildman–Crippen LogP) is 3.29. The molecule has 0 fully saturated rings. The molecule has 4 nitrogen and oxygen atoms in total. The molecule has 1 aromatic heterocycles. The van der Waals surface area contributed by atoms with Crippen LogP contribution in [0.2, 0.25) is 0 Å². The highest BCUT2D eigenvalue weighted by Gasteiger charge is 2.16. The quantitative estimate of drug-likeness (QED) is 0.784. The Labute approximate surface area is 108 Å². The van der Waals surface area contributed by atoms with Gasteiger partial charge in [-0.2, -0.15) is 4.98 Å². The summed E-state index contributed by atoms with van der Waals surface area (Å²) < 4.78 is 13.6. The van der Waals surface area contributed by atoms with E-state index in [4.69, 9.17) is 0 Å². The van der Waals surface area contributed by atoms with E-state index in [1.807, 2.05) is 0 Å². The van der Waals surface area contributed by atoms with Crippen LogP contribution in [0.5, 0.6) is 0 Å². The molecule has 0 bridgehead atoms. The summed E-state index contributed by atoms with van der Waals surface area (Å²) in [6.45, 7) is 9.91. The lowest BCUT2D eigenvalue weighted by atomic mass is 9.90. The summed E-state index contributed by atoms with van der Waals surface area (Å²) in [5.41, 5.74) is 0.119. The normalized spacial score (nSPS) is 11.4. The van der Waals surface area contributed by atoms with E-state index in [0.717, 1.165) is 19.4 Å². The van der Waals surface area contributed by atoms with Crippen molar-refractivity contribution in [2.24, 2.45) is 5.41 Å². The first kappa shape index (κ1) is 14.7. The summed E-state index contributed by atoms with van der Waals surface area (Å²) in [6, 6.07) is 0. The largest absolute Gasteiger partial charge is 0.367 e. The van der Waals surface area contributed by atoms with Gasteiger partial charge in [-0.3, -0.25) is 0 Å². The second-order valence-electron chi connectivity index (χ2n) is 5.19. The lowest BCUT2D eigenvalue weighted by molar-refractivity contribution is 0.376. The molecule has 0 saturated carbocycles. The molecule has 1 aromatic rings. The molecule has 1 rings (SSSR count). The van der Waals surface area contributed by atoms with E-state index < -0.39 is 5.82 Å². The standard InChI is InChI=1S/C13H23FN4/c1-5-7-15-12-16-8-10(14)11(18-12)17-9-13(3,4)6-2/h8H,5-7,9H2,1-4H3,(H2,15,16,17,18). The molecular formula is C13H23FN4. The van der Waals surface area contributed by atoms with Crippen LogP contribution in [0, 0.1) is 11.2 Å². The average molecular weight is 254 g/mol. The molecular weight excluding hydrogens is 231 g/mol. The van der Waals surface area contributed by atoms with Crippen molar-refractivity contribution in [1.29, 1.82) is 0 Å². The molecule has 0 radical (unpaired) electrons. The van der Waals surface area contributed by atoms with Crippen LogP contribution in [0.15, 0.2) is 6.20 Å². The van der Waals surface area contributed by atoms with Crippen LogP contribution in [-0.2, 0) is 0 Å². The van der Waals surface area contributed by atoms with Gasteiger partial charge < -0.3 is 10.6 Å². The van der Waals surface area contributed by atoms with Gasteiger partial charge in [0.05, 0.1) is 6.20 Å². The Morgan fingerprint density at radius 3 is 2.61 bits per heavy atom. The number of anilines is 2. The topological polar surface area (TPSA) is 49.8 Å². The molecule has 2 N–H and O–H groups in total. The number of nitrogens with zero attached hydrogens (tertiary/aromatic N) is 2. The average Bonchev–Trinajstić information content (AvgIpc) is 2.36. The van der Waals surface area contributed by atoms with Gasteiger partial charge in [0.15, 0.2) is 11.6 Å². The summed E-state index contributed by atoms with van der Waals surface area (Å²) >= 11 is 0. The Hall–Kier alpha value is -1.39. The Morgan fingerprint density at radius 2 is 2.00 bits per heavy atom. The lowest BCUT2D eigenvalue weighted by Gasteiger charge is -2.23. The van der Waals surface area contributed by atoms with Gasteiger partial charge in [0.1, 0.15) is 0 Å². The number of hydrogen-bond donors (Lipinski definition) is 2. The molecule has 0 unspecified atom stereocenters. The number of nitrogens with one attached hydrogen (secondary N) is 2. The molecule has 0 saturated heterocycles. The van der Waals surface area contributed by atoms with Crippen LogP contribution < -0.4 is 10.6 Å². The summed E-state index contributed by atoms with van der Waals surface area (Å²) in [5, 5.41) is 6.10. The zero-order valence-corrected chi connectivity index (χ0v) is 11.7. The second-order valence-corrected chi connectivity index (χ2v) is 5.19. The number of rotatable bonds is 7. The minimum absolute atomic E-state index is 0.119. The maximum Gasteiger partial charge on any atom is 0.224 e. The SMILES string of the molecule is CCCNc1ncc(F)c(NCC(C)(C)CC)n1. The fraction of sp³-hybridized carbons (Fsp3) is 0.692. The highest BCUT2D eigenvalue weighted by atomic mass is 19.1. The van der Waals surface area contributed by atoms with E-state index in [1.54, 1.807) is 0 Å². The molecule has 0 aliphatic carbocycles. The zero-order valence-electron chi connectivity index (χ0n) is 11.7. The van der Waals surface area contributed by atoms with E-state index in [-0.39, 0.29) is 11.2 Å². The monoisotopic (exact) mass is 254 g/mol. The van der Waals surface area contributed by atoms with E-state index in [1.165, 1.54) is 6.20 Å². The third kappa shape index (κ3) is 4.47. The Kier molecular flexibility index (Phi) is 5.31. The maximum absolute atomic E-state index is 13.6. The molecule has 0 spiro atoms. The van der Waals surface area contributed by atoms with Crippen LogP contribution in [0.1, 0.15) is 40.5 Å². The van der Waals surface area contributed by atoms with Crippen molar-refractivity contribution in [2.75, 3.05) is 23.7 Å². The molecule has 1 heterocycles. The van der Waals surface area contributed by atoms with Crippen LogP contribution >= 0.6 is 0 Å². The van der Waals surface area contributed by atoms with E-state index >= 15 is 0 Å². The molecule has 0 aliphatic heterocycles. The molecule has 0 atom stereocenters. The molecule has 0 amide bonds. The van der Waals surface area contributed by atoms with Crippen molar-refractivity contribution in [1.82, 2.24) is 9.97 Å². The van der Waals surface area contributed by atoms with Crippen molar-refractivity contribution < 1.29 is 4.39 Å². The van der Waals surface area contributed by atoms with Crippen LogP contribution in [-0.4, -0.2) is 23.1 Å². The van der Waals surface area contributed by atoms with Crippen molar-refractivity contribution in [2.45, 2.75) is 40.5 Å². The number of aromatic nitrogens is 2. The Morgan fingerprint density at radius 1 is 1.28 bits per heavy atom. The molecule has 5 heteroatoms. The summed E-state index contributed by atoms with van der Waals surface area (Å²) in [6.07, 6.45) is 3.20. The van der Waals surface area contributed by atoms with Gasteiger partial charge in [-0.25, -0.2) is 9.37 Å². The highest BCUT2D eigenvalue weighted by molar-refractivity contribution is 5.41. The minimum atomic E-state index is -0.413. The van der Waals surface area contributed by atoms with Gasteiger partial charge in [-0.15, -0.1) is 0 Å². The summed E-state index contributed by atoms with van der Waals surface area (Å²) in [5.74, 6) is 0.323. The van der Waals surface area contributed by atoms with E-state index in [0.29, 0.717) is 12.5 Å². The minimum Gasteiger partial charge on any atom is -0.367 e. The molecule has 102 valence electrons. The summed E-state index contributed by atoms with van der Waals surface area (Å²) in [7, 11) is 0. The lowest BCUT2D eigenvalue weighted by Crippen LogP contribution is -2.23. The zero-order chi connectivity index (χ0) is 13.6. The van der Waals surface area contributed by atoms with Crippen molar-refractivity contribution >= 4 is 11.8 Å². The van der Waals surface area contributed by atoms with Gasteiger partial charge in [-0.05, 0) is 18.3 Å². The van der Waals surface area contributed by atoms with Crippen molar-refractivity contribution in [3.05, 3.63) is 12.0 Å². The fourth-order valence-electron chi connectivity index (χ4n) is 1.26. The van der Waals surface area contributed by atoms with Gasteiger partial charge >= 0.3 is 0 Å². The number of halogens is 1. The Balaban J connectivity index is 2.69. The molecule has 18 heavy (non-hydrogen) atoms. The van der Waals surface area contributed by atoms with Crippen LogP contribution in [0.4, 0.5) is 16.2 Å². The van der Waals surface area contributed by atoms with Gasteiger partial charge in [-0.1, -0.05) is 27.7 Å². The Bertz CT molecular complexity index is 379. The third-order valence-corrected chi connectivity index (χ3v) is 2.97. The van der Waals surface area contributed by atoms with Crippen molar-refractivity contribution in [3.8, 4) is 0 Å². The number of hydrogen-bond acceptors (Lipinski definition) is 4. The predicted molar refractivity (Wildman–Crippen MR) is 73.3 cm³/mol. The van der Waals surface area contributed by atoms with Gasteiger partial charge in [0.2, 0.25) is 5.95 Å². The van der Waals surface area contributed by atoms with Crippen LogP contribution in [0.25, 0.3) is 0 Å². The highest BCUT2D eigenvalue weighted by Crippen LogP contribution is 2.21. The smallest absolute Gasteiger partial charge is 0.224 e. The first-order valence-electron chi connectivity index (χ1n) is 6.49. The fourth-order valence-corrected chi connectivity index (χ4v) is 1.26. The summed E-state index contributed by atoms with van der Waals surface area (Å²) in [4.78, 5) is 8.04.